The maximum Gasteiger partial charge on any atom is 0.432 e. The quantitative estimate of drug-likeness (QED) is 0.274. The fourth-order valence-corrected chi connectivity index (χ4v) is 0.905. The summed E-state index contributed by atoms with van der Waals surface area (Å²) in [5, 5.41) is 0. The van der Waals surface area contributed by atoms with E-state index in [4.69, 9.17) is 16.0 Å². The first-order chi connectivity index (χ1) is 7.22. The van der Waals surface area contributed by atoms with Crippen LogP contribution in [-0.4, -0.2) is 30.9 Å². The van der Waals surface area contributed by atoms with E-state index in [0.29, 0.717) is 0 Å². The lowest BCUT2D eigenvalue weighted by atomic mass is 10.1. The van der Waals surface area contributed by atoms with Gasteiger partial charge in [-0.2, -0.15) is 8.42 Å². The van der Waals surface area contributed by atoms with Crippen LogP contribution in [0, 0.1) is 0 Å². The van der Waals surface area contributed by atoms with Gasteiger partial charge in [0, 0.05) is 6.42 Å². The second kappa shape index (κ2) is 6.37. The van der Waals surface area contributed by atoms with Crippen LogP contribution in [0.25, 0.3) is 0 Å². The first-order valence-corrected chi connectivity index (χ1v) is 5.50. The minimum absolute atomic E-state index is 0.0418. The SMILES string of the molecule is NC(=O)CCC[C@H](N)C(=O)OOS(=O)(=O)O. The van der Waals surface area contributed by atoms with E-state index in [1.807, 2.05) is 0 Å². The Morgan fingerprint density at radius 3 is 2.38 bits per heavy atom. The molecule has 1 amide bonds. The van der Waals surface area contributed by atoms with Crippen molar-refractivity contribution in [2.24, 2.45) is 11.5 Å². The molecular formula is C6H12N2O7S. The largest absolute Gasteiger partial charge is 0.432 e. The summed E-state index contributed by atoms with van der Waals surface area (Å²) in [7, 11) is -4.86. The maximum atomic E-state index is 10.9. The van der Waals surface area contributed by atoms with Crippen molar-refractivity contribution in [2.75, 3.05) is 0 Å². The number of carbonyl (C=O) groups excluding carboxylic acids is 2. The molecule has 0 aromatic rings. The lowest BCUT2D eigenvalue weighted by Gasteiger charge is -2.07. The third-order valence-corrected chi connectivity index (χ3v) is 1.68. The van der Waals surface area contributed by atoms with Gasteiger partial charge in [-0.15, -0.1) is 0 Å². The average molecular weight is 256 g/mol. The van der Waals surface area contributed by atoms with E-state index < -0.39 is 28.3 Å². The van der Waals surface area contributed by atoms with Crippen molar-refractivity contribution in [3.8, 4) is 0 Å². The van der Waals surface area contributed by atoms with Crippen molar-refractivity contribution in [1.29, 1.82) is 0 Å². The number of primary amides is 1. The van der Waals surface area contributed by atoms with Crippen molar-refractivity contribution in [3.05, 3.63) is 0 Å². The molecule has 0 saturated heterocycles. The summed E-state index contributed by atoms with van der Waals surface area (Å²) < 4.78 is 31.4. The van der Waals surface area contributed by atoms with Gasteiger partial charge >= 0.3 is 16.4 Å². The van der Waals surface area contributed by atoms with Crippen LogP contribution in [0.15, 0.2) is 0 Å². The monoisotopic (exact) mass is 256 g/mol. The van der Waals surface area contributed by atoms with Crippen LogP contribution in [0.1, 0.15) is 19.3 Å². The molecule has 10 heteroatoms. The molecule has 16 heavy (non-hydrogen) atoms. The van der Waals surface area contributed by atoms with Crippen molar-refractivity contribution < 1.29 is 31.8 Å². The van der Waals surface area contributed by atoms with Crippen molar-refractivity contribution >= 4 is 22.3 Å². The van der Waals surface area contributed by atoms with Crippen LogP contribution in [0.2, 0.25) is 0 Å². The average Bonchev–Trinajstić information content (AvgIpc) is 2.12. The molecule has 0 aliphatic rings. The number of amides is 1. The van der Waals surface area contributed by atoms with Crippen LogP contribution in [0.4, 0.5) is 0 Å². The highest BCUT2D eigenvalue weighted by Gasteiger charge is 2.19. The summed E-state index contributed by atoms with van der Waals surface area (Å²) in [5.74, 6) is -1.73. The molecule has 0 unspecified atom stereocenters. The molecule has 0 spiro atoms. The predicted molar refractivity (Wildman–Crippen MR) is 49.7 cm³/mol. The molecule has 0 rings (SSSR count). The minimum atomic E-state index is -4.86. The van der Waals surface area contributed by atoms with Crippen molar-refractivity contribution in [1.82, 2.24) is 0 Å². The van der Waals surface area contributed by atoms with E-state index in [9.17, 15) is 18.0 Å². The van der Waals surface area contributed by atoms with E-state index in [2.05, 4.69) is 9.22 Å². The van der Waals surface area contributed by atoms with Gasteiger partial charge in [-0.1, -0.05) is 0 Å². The molecule has 0 aromatic heterocycles. The molecule has 0 aliphatic carbocycles. The number of hydrogen-bond acceptors (Lipinski definition) is 7. The molecule has 0 aromatic carbocycles. The zero-order chi connectivity index (χ0) is 12.8. The van der Waals surface area contributed by atoms with Gasteiger partial charge in [0.2, 0.25) is 5.91 Å². The summed E-state index contributed by atoms with van der Waals surface area (Å²) in [6, 6.07) is -1.17. The van der Waals surface area contributed by atoms with E-state index in [-0.39, 0.29) is 19.3 Å². The van der Waals surface area contributed by atoms with Crippen LogP contribution in [0.3, 0.4) is 0 Å². The highest BCUT2D eigenvalue weighted by Crippen LogP contribution is 2.01. The maximum absolute atomic E-state index is 10.9. The fraction of sp³-hybridized carbons (Fsp3) is 0.667. The van der Waals surface area contributed by atoms with Gasteiger partial charge in [0.05, 0.1) is 0 Å². The topological polar surface area (TPSA) is 159 Å². The molecule has 0 heterocycles. The highest BCUT2D eigenvalue weighted by molar-refractivity contribution is 7.80. The van der Waals surface area contributed by atoms with E-state index in [0.717, 1.165) is 0 Å². The molecule has 9 nitrogen and oxygen atoms in total. The molecule has 0 fully saturated rings. The highest BCUT2D eigenvalue weighted by atomic mass is 32.3. The second-order valence-corrected chi connectivity index (χ2v) is 3.85. The summed E-state index contributed by atoms with van der Waals surface area (Å²) in [6.45, 7) is 0. The molecule has 0 bridgehead atoms. The number of rotatable bonds is 7. The molecule has 5 N–H and O–H groups in total. The van der Waals surface area contributed by atoms with Crippen molar-refractivity contribution in [3.63, 3.8) is 0 Å². The van der Waals surface area contributed by atoms with E-state index in [1.165, 1.54) is 0 Å². The molecular weight excluding hydrogens is 244 g/mol. The molecule has 94 valence electrons. The number of carbonyl (C=O) groups is 2. The van der Waals surface area contributed by atoms with Gasteiger partial charge in [-0.25, -0.2) is 4.79 Å². The lowest BCUT2D eigenvalue weighted by Crippen LogP contribution is -2.33. The zero-order valence-electron chi connectivity index (χ0n) is 8.16. The Morgan fingerprint density at radius 2 is 1.94 bits per heavy atom. The molecule has 0 saturated carbocycles. The molecule has 0 radical (unpaired) electrons. The Balaban J connectivity index is 3.86. The summed E-state index contributed by atoms with van der Waals surface area (Å²) in [4.78, 5) is 24.9. The first kappa shape index (κ1) is 14.8. The van der Waals surface area contributed by atoms with Gasteiger partial charge in [-0.05, 0) is 17.2 Å². The summed E-state index contributed by atoms with van der Waals surface area (Å²) in [5.41, 5.74) is 10.1. The Labute approximate surface area is 91.6 Å². The minimum Gasteiger partial charge on any atom is -0.370 e. The normalized spacial score (nSPS) is 13.1. The van der Waals surface area contributed by atoms with Crippen molar-refractivity contribution in [2.45, 2.75) is 25.3 Å². The van der Waals surface area contributed by atoms with Crippen LogP contribution < -0.4 is 11.5 Å². The molecule has 1 atom stereocenters. The van der Waals surface area contributed by atoms with Crippen LogP contribution >= 0.6 is 0 Å². The number of hydrogen-bond donors (Lipinski definition) is 3. The van der Waals surface area contributed by atoms with Crippen LogP contribution in [0.5, 0.6) is 0 Å². The van der Waals surface area contributed by atoms with Crippen LogP contribution in [-0.2, 0) is 29.2 Å². The van der Waals surface area contributed by atoms with E-state index >= 15 is 0 Å². The first-order valence-electron chi connectivity index (χ1n) is 4.13. The van der Waals surface area contributed by atoms with Gasteiger partial charge in [-0.3, -0.25) is 14.2 Å². The number of nitrogens with two attached hydrogens (primary N) is 2. The van der Waals surface area contributed by atoms with Gasteiger partial charge in [0.1, 0.15) is 6.04 Å². The Morgan fingerprint density at radius 1 is 1.38 bits per heavy atom. The predicted octanol–water partition coefficient (Wildman–Crippen LogP) is -1.75. The fourth-order valence-electron chi connectivity index (χ4n) is 0.752. The lowest BCUT2D eigenvalue weighted by molar-refractivity contribution is -0.216. The smallest absolute Gasteiger partial charge is 0.370 e. The zero-order valence-corrected chi connectivity index (χ0v) is 8.97. The van der Waals surface area contributed by atoms with E-state index in [1.54, 1.807) is 0 Å². The third kappa shape index (κ3) is 8.11. The summed E-state index contributed by atoms with van der Waals surface area (Å²) in [6.07, 6.45) is 0.355. The summed E-state index contributed by atoms with van der Waals surface area (Å²) >= 11 is 0. The Hall–Kier alpha value is -1.23. The van der Waals surface area contributed by atoms with Gasteiger partial charge < -0.3 is 11.5 Å². The second-order valence-electron chi connectivity index (χ2n) is 2.86. The standard InChI is InChI=1S/C6H12N2O7S/c7-4(2-1-3-5(8)9)6(10)14-15-16(11,12)13/h4H,1-3,7H2,(H2,8,9)(H,11,12,13)/t4-/m0/s1. The Bertz CT molecular complexity index is 352. The Kier molecular flexibility index (Phi) is 5.88. The molecule has 0 aliphatic heterocycles. The van der Waals surface area contributed by atoms with Gasteiger partial charge in [0.15, 0.2) is 0 Å². The van der Waals surface area contributed by atoms with Gasteiger partial charge in [0.25, 0.3) is 0 Å². The third-order valence-electron chi connectivity index (χ3n) is 1.44.